The molecule has 2 aliphatic rings. The molecule has 2 fully saturated rings. The fourth-order valence-corrected chi connectivity index (χ4v) is 3.52. The van der Waals surface area contributed by atoms with Gasteiger partial charge in [0, 0.05) is 18.6 Å². The van der Waals surface area contributed by atoms with Crippen molar-refractivity contribution in [3.8, 4) is 0 Å². The van der Waals surface area contributed by atoms with Crippen molar-refractivity contribution in [2.75, 3.05) is 13.1 Å². The van der Waals surface area contributed by atoms with E-state index < -0.39 is 5.60 Å². The standard InChI is InChI=1S/C18H34N2O2/c1-13(2)14-11-15(12-14)19-9-8-16-7-6-10-20(16)17(21)22-18(3,4)5/h13-16,19H,6-12H2,1-5H3. The Kier molecular flexibility index (Phi) is 5.76. The van der Waals surface area contributed by atoms with Crippen LogP contribution in [0, 0.1) is 11.8 Å². The van der Waals surface area contributed by atoms with Gasteiger partial charge in [-0.1, -0.05) is 13.8 Å². The molecule has 1 atom stereocenters. The highest BCUT2D eigenvalue weighted by Gasteiger charge is 2.33. The summed E-state index contributed by atoms with van der Waals surface area (Å²) in [6, 6.07) is 1.05. The Morgan fingerprint density at radius 1 is 1.32 bits per heavy atom. The van der Waals surface area contributed by atoms with E-state index in [1.165, 1.54) is 12.8 Å². The van der Waals surface area contributed by atoms with Crippen LogP contribution in [0.5, 0.6) is 0 Å². The van der Waals surface area contributed by atoms with E-state index in [0.717, 1.165) is 44.2 Å². The molecule has 0 spiro atoms. The summed E-state index contributed by atoms with van der Waals surface area (Å²) in [6.45, 7) is 12.3. The molecule has 1 heterocycles. The van der Waals surface area contributed by atoms with E-state index in [9.17, 15) is 4.79 Å². The second-order valence-electron chi connectivity index (χ2n) is 8.39. The Balaban J connectivity index is 1.68. The SMILES string of the molecule is CC(C)C1CC(NCCC2CCCN2C(=O)OC(C)(C)C)C1. The average Bonchev–Trinajstić information content (AvgIpc) is 2.77. The minimum atomic E-state index is -0.403. The zero-order valence-corrected chi connectivity index (χ0v) is 15.0. The largest absolute Gasteiger partial charge is 0.444 e. The lowest BCUT2D eigenvalue weighted by molar-refractivity contribution is 0.0219. The van der Waals surface area contributed by atoms with Crippen LogP contribution in [0.3, 0.4) is 0 Å². The van der Waals surface area contributed by atoms with Crippen molar-refractivity contribution in [3.63, 3.8) is 0 Å². The summed E-state index contributed by atoms with van der Waals surface area (Å²) >= 11 is 0. The fourth-order valence-electron chi connectivity index (χ4n) is 3.52. The number of amides is 1. The van der Waals surface area contributed by atoms with E-state index in [-0.39, 0.29) is 6.09 Å². The monoisotopic (exact) mass is 310 g/mol. The van der Waals surface area contributed by atoms with Crippen molar-refractivity contribution in [1.29, 1.82) is 0 Å². The van der Waals surface area contributed by atoms with Gasteiger partial charge in [0.15, 0.2) is 0 Å². The molecule has 4 heteroatoms. The third kappa shape index (κ3) is 4.87. The molecule has 22 heavy (non-hydrogen) atoms. The lowest BCUT2D eigenvalue weighted by Gasteiger charge is -2.39. The first-order chi connectivity index (χ1) is 10.3. The quantitative estimate of drug-likeness (QED) is 0.840. The number of rotatable bonds is 5. The Bertz CT molecular complexity index is 370. The van der Waals surface area contributed by atoms with Crippen molar-refractivity contribution in [3.05, 3.63) is 0 Å². The maximum atomic E-state index is 12.2. The van der Waals surface area contributed by atoms with Crippen molar-refractivity contribution >= 4 is 6.09 Å². The minimum absolute atomic E-state index is 0.140. The van der Waals surface area contributed by atoms with Crippen LogP contribution in [0.2, 0.25) is 0 Å². The van der Waals surface area contributed by atoms with Gasteiger partial charge < -0.3 is 15.0 Å². The lowest BCUT2D eigenvalue weighted by atomic mass is 9.73. The van der Waals surface area contributed by atoms with Crippen LogP contribution >= 0.6 is 0 Å². The highest BCUT2D eigenvalue weighted by Crippen LogP contribution is 2.33. The zero-order chi connectivity index (χ0) is 16.3. The second-order valence-corrected chi connectivity index (χ2v) is 8.39. The van der Waals surface area contributed by atoms with Crippen molar-refractivity contribution in [2.24, 2.45) is 11.8 Å². The molecule has 1 amide bonds. The van der Waals surface area contributed by atoms with E-state index in [1.807, 2.05) is 25.7 Å². The molecule has 0 aromatic heterocycles. The number of carbonyl (C=O) groups is 1. The summed E-state index contributed by atoms with van der Waals surface area (Å²) in [6.07, 6.45) is 5.75. The molecule has 4 nitrogen and oxygen atoms in total. The minimum Gasteiger partial charge on any atom is -0.444 e. The van der Waals surface area contributed by atoms with Gasteiger partial charge in [0.2, 0.25) is 0 Å². The van der Waals surface area contributed by atoms with Crippen LogP contribution in [0.25, 0.3) is 0 Å². The molecule has 1 N–H and O–H groups in total. The molecule has 0 aromatic rings. The maximum absolute atomic E-state index is 12.2. The van der Waals surface area contributed by atoms with Crippen LogP contribution in [0.1, 0.15) is 66.7 Å². The van der Waals surface area contributed by atoms with Gasteiger partial charge in [-0.05, 0) is 71.3 Å². The molecule has 0 aromatic carbocycles. The number of nitrogens with zero attached hydrogens (tertiary/aromatic N) is 1. The first-order valence-electron chi connectivity index (χ1n) is 8.99. The molecule has 1 saturated heterocycles. The summed E-state index contributed by atoms with van der Waals surface area (Å²) in [5, 5.41) is 3.66. The Hall–Kier alpha value is -0.770. The number of carbonyl (C=O) groups excluding carboxylic acids is 1. The average molecular weight is 310 g/mol. The van der Waals surface area contributed by atoms with E-state index >= 15 is 0 Å². The summed E-state index contributed by atoms with van der Waals surface area (Å²) in [5.74, 6) is 1.72. The first kappa shape index (κ1) is 17.6. The maximum Gasteiger partial charge on any atom is 0.410 e. The third-order valence-corrected chi connectivity index (χ3v) is 5.03. The van der Waals surface area contributed by atoms with Crippen molar-refractivity contribution < 1.29 is 9.53 Å². The van der Waals surface area contributed by atoms with Gasteiger partial charge in [0.25, 0.3) is 0 Å². The first-order valence-corrected chi connectivity index (χ1v) is 8.99. The predicted molar refractivity (Wildman–Crippen MR) is 89.9 cm³/mol. The molecule has 1 saturated carbocycles. The Labute approximate surface area is 136 Å². The van der Waals surface area contributed by atoms with E-state index in [1.54, 1.807) is 0 Å². The number of hydrogen-bond acceptors (Lipinski definition) is 3. The zero-order valence-electron chi connectivity index (χ0n) is 15.0. The molecule has 0 bridgehead atoms. The number of nitrogens with one attached hydrogen (secondary N) is 1. The molecule has 1 unspecified atom stereocenters. The summed E-state index contributed by atoms with van der Waals surface area (Å²) < 4.78 is 5.52. The summed E-state index contributed by atoms with van der Waals surface area (Å²) in [5.41, 5.74) is -0.403. The van der Waals surface area contributed by atoms with Crippen LogP contribution in [0.15, 0.2) is 0 Å². The van der Waals surface area contributed by atoms with E-state index in [4.69, 9.17) is 4.74 Å². The number of ether oxygens (including phenoxy) is 1. The molecule has 128 valence electrons. The fraction of sp³-hybridized carbons (Fsp3) is 0.944. The summed E-state index contributed by atoms with van der Waals surface area (Å²) in [4.78, 5) is 14.2. The van der Waals surface area contributed by atoms with Gasteiger partial charge in [-0.2, -0.15) is 0 Å². The van der Waals surface area contributed by atoms with Gasteiger partial charge in [-0.3, -0.25) is 0 Å². The smallest absolute Gasteiger partial charge is 0.410 e. The lowest BCUT2D eigenvalue weighted by Crippen LogP contribution is -2.45. The molecule has 2 rings (SSSR count). The van der Waals surface area contributed by atoms with Crippen LogP contribution < -0.4 is 5.32 Å². The molecular formula is C18H34N2O2. The topological polar surface area (TPSA) is 41.6 Å². The van der Waals surface area contributed by atoms with Crippen molar-refractivity contribution in [1.82, 2.24) is 10.2 Å². The third-order valence-electron chi connectivity index (χ3n) is 5.03. The molecule has 1 aliphatic heterocycles. The molecule has 0 radical (unpaired) electrons. The highest BCUT2D eigenvalue weighted by molar-refractivity contribution is 5.68. The van der Waals surface area contributed by atoms with Crippen molar-refractivity contribution in [2.45, 2.75) is 84.4 Å². The van der Waals surface area contributed by atoms with E-state index in [0.29, 0.717) is 12.1 Å². The van der Waals surface area contributed by atoms with Gasteiger partial charge in [-0.15, -0.1) is 0 Å². The number of likely N-dealkylation sites (tertiary alicyclic amines) is 1. The Morgan fingerprint density at radius 2 is 2.00 bits per heavy atom. The van der Waals surface area contributed by atoms with Crippen LogP contribution in [-0.4, -0.2) is 41.8 Å². The molecular weight excluding hydrogens is 276 g/mol. The van der Waals surface area contributed by atoms with Crippen LogP contribution in [-0.2, 0) is 4.74 Å². The van der Waals surface area contributed by atoms with Crippen LogP contribution in [0.4, 0.5) is 4.79 Å². The van der Waals surface area contributed by atoms with E-state index in [2.05, 4.69) is 19.2 Å². The van der Waals surface area contributed by atoms with Gasteiger partial charge in [0.1, 0.15) is 5.60 Å². The second kappa shape index (κ2) is 7.20. The predicted octanol–water partition coefficient (Wildman–Crippen LogP) is 3.80. The van der Waals surface area contributed by atoms with Gasteiger partial charge in [-0.25, -0.2) is 4.79 Å². The molecule has 1 aliphatic carbocycles. The van der Waals surface area contributed by atoms with Gasteiger partial charge in [0.05, 0.1) is 0 Å². The normalized spacial score (nSPS) is 28.8. The number of hydrogen-bond donors (Lipinski definition) is 1. The summed E-state index contributed by atoms with van der Waals surface area (Å²) in [7, 11) is 0. The highest BCUT2D eigenvalue weighted by atomic mass is 16.6. The van der Waals surface area contributed by atoms with Gasteiger partial charge >= 0.3 is 6.09 Å². The Morgan fingerprint density at radius 3 is 2.59 bits per heavy atom.